The van der Waals surface area contributed by atoms with Crippen LogP contribution in [0.3, 0.4) is 0 Å². The van der Waals surface area contributed by atoms with Crippen LogP contribution in [0.5, 0.6) is 0 Å². The van der Waals surface area contributed by atoms with Crippen LogP contribution in [0.15, 0.2) is 33.2 Å². The number of ether oxygens (including phenoxy) is 1. The molecule has 112 valence electrons. The normalized spacial score (nSPS) is 16.0. The molecule has 0 unspecified atom stereocenters. The first-order valence-electron chi connectivity index (χ1n) is 6.62. The van der Waals surface area contributed by atoms with Gasteiger partial charge in [-0.3, -0.25) is 4.99 Å². The number of carbonyl (C=O) groups is 1. The molecule has 1 aromatic carbocycles. The van der Waals surface area contributed by atoms with E-state index in [9.17, 15) is 14.3 Å². The summed E-state index contributed by atoms with van der Waals surface area (Å²) in [7, 11) is 0. The fourth-order valence-corrected chi connectivity index (χ4v) is 1.98. The average Bonchev–Trinajstić information content (AvgIpc) is 3.23. The summed E-state index contributed by atoms with van der Waals surface area (Å²) < 4.78 is 19.3. The molecule has 0 amide bonds. The smallest absolute Gasteiger partial charge is 0.343 e. The van der Waals surface area contributed by atoms with Crippen molar-refractivity contribution in [2.75, 3.05) is 6.61 Å². The molecule has 0 aliphatic heterocycles. The molecule has 2 rings (SSSR count). The van der Waals surface area contributed by atoms with Crippen LogP contribution in [0.1, 0.15) is 25.3 Å². The molecule has 0 heterocycles. The minimum atomic E-state index is -0.721. The van der Waals surface area contributed by atoms with E-state index in [-0.39, 0.29) is 23.8 Å². The lowest BCUT2D eigenvalue weighted by atomic mass is 10.1. The first-order valence-corrected chi connectivity index (χ1v) is 7.41. The first kappa shape index (κ1) is 15.7. The molecule has 1 fully saturated rings. The highest BCUT2D eigenvalue weighted by Gasteiger charge is 2.22. The van der Waals surface area contributed by atoms with Crippen molar-refractivity contribution in [2.24, 2.45) is 4.99 Å². The number of halogens is 2. The van der Waals surface area contributed by atoms with Crippen molar-refractivity contribution in [1.82, 2.24) is 0 Å². The number of carbonyl (C=O) groups excluding carboxylic acids is 1. The molecule has 0 spiro atoms. The van der Waals surface area contributed by atoms with E-state index in [1.54, 1.807) is 13.0 Å². The molecular weight excluding hydrogens is 341 g/mol. The molecule has 0 saturated heterocycles. The maximum absolute atomic E-state index is 13.9. The number of aliphatic hydroxyl groups excluding tert-OH is 1. The minimum Gasteiger partial charge on any atom is -0.506 e. The third kappa shape index (κ3) is 4.14. The lowest BCUT2D eigenvalue weighted by Crippen LogP contribution is -2.12. The summed E-state index contributed by atoms with van der Waals surface area (Å²) >= 11 is 3.14. The zero-order chi connectivity index (χ0) is 15.4. The van der Waals surface area contributed by atoms with Crippen molar-refractivity contribution in [3.05, 3.63) is 39.6 Å². The Morgan fingerprint density at radius 3 is 2.86 bits per heavy atom. The second-order valence-corrected chi connectivity index (χ2v) is 5.53. The van der Waals surface area contributed by atoms with Crippen LogP contribution in [0, 0.1) is 5.82 Å². The largest absolute Gasteiger partial charge is 0.506 e. The molecular formula is C15H15BrFNO3. The van der Waals surface area contributed by atoms with E-state index in [1.165, 1.54) is 18.3 Å². The van der Waals surface area contributed by atoms with E-state index in [1.807, 2.05) is 0 Å². The van der Waals surface area contributed by atoms with E-state index >= 15 is 0 Å². The monoisotopic (exact) mass is 355 g/mol. The molecule has 1 aliphatic carbocycles. The van der Waals surface area contributed by atoms with Crippen molar-refractivity contribution in [1.29, 1.82) is 0 Å². The van der Waals surface area contributed by atoms with Gasteiger partial charge in [-0.2, -0.15) is 0 Å². The summed E-state index contributed by atoms with van der Waals surface area (Å²) in [6, 6.07) is 4.36. The number of hydrogen-bond donors (Lipinski definition) is 1. The standard InChI is InChI=1S/C15H15BrFNO3/c1-2-21-15(20)12(8-18-10-4-5-10)14(19)11-6-3-9(16)7-13(11)17/h3,6-8,10,19H,2,4-5H2,1H3. The molecule has 1 saturated carbocycles. The Labute approximate surface area is 130 Å². The topological polar surface area (TPSA) is 58.9 Å². The fourth-order valence-electron chi connectivity index (χ4n) is 1.65. The summed E-state index contributed by atoms with van der Waals surface area (Å²) in [4.78, 5) is 16.1. The highest BCUT2D eigenvalue weighted by atomic mass is 79.9. The molecule has 21 heavy (non-hydrogen) atoms. The molecule has 0 radical (unpaired) electrons. The summed E-state index contributed by atoms with van der Waals surface area (Å²) in [5, 5.41) is 10.2. The van der Waals surface area contributed by atoms with Crippen LogP contribution in [-0.2, 0) is 9.53 Å². The zero-order valence-corrected chi connectivity index (χ0v) is 13.1. The summed E-state index contributed by atoms with van der Waals surface area (Å²) in [5.74, 6) is -1.83. The molecule has 0 atom stereocenters. The van der Waals surface area contributed by atoms with Gasteiger partial charge in [-0.15, -0.1) is 0 Å². The average molecular weight is 356 g/mol. The summed E-state index contributed by atoms with van der Waals surface area (Å²) in [6.45, 7) is 1.82. The van der Waals surface area contributed by atoms with Gasteiger partial charge in [0.05, 0.1) is 18.2 Å². The van der Waals surface area contributed by atoms with Gasteiger partial charge in [0, 0.05) is 10.7 Å². The molecule has 0 bridgehead atoms. The lowest BCUT2D eigenvalue weighted by molar-refractivity contribution is -0.137. The first-order chi connectivity index (χ1) is 10.0. The van der Waals surface area contributed by atoms with E-state index in [0.717, 1.165) is 12.8 Å². The number of hydrogen-bond acceptors (Lipinski definition) is 4. The zero-order valence-electron chi connectivity index (χ0n) is 11.5. The number of rotatable bonds is 5. The highest BCUT2D eigenvalue weighted by molar-refractivity contribution is 9.10. The van der Waals surface area contributed by atoms with Crippen LogP contribution in [-0.4, -0.2) is 29.9 Å². The second-order valence-electron chi connectivity index (χ2n) is 4.62. The van der Waals surface area contributed by atoms with Crippen molar-refractivity contribution in [3.8, 4) is 0 Å². The molecule has 4 nitrogen and oxygen atoms in total. The van der Waals surface area contributed by atoms with Gasteiger partial charge in [0.15, 0.2) is 0 Å². The molecule has 1 aliphatic rings. The number of esters is 1. The third-order valence-corrected chi connectivity index (χ3v) is 3.39. The van der Waals surface area contributed by atoms with Crippen LogP contribution in [0.4, 0.5) is 4.39 Å². The van der Waals surface area contributed by atoms with Crippen LogP contribution in [0.2, 0.25) is 0 Å². The Bertz CT molecular complexity index is 609. The van der Waals surface area contributed by atoms with Crippen LogP contribution >= 0.6 is 15.9 Å². The van der Waals surface area contributed by atoms with Gasteiger partial charge in [0.1, 0.15) is 17.1 Å². The Balaban J connectivity index is 2.41. The number of aliphatic hydroxyl groups is 1. The van der Waals surface area contributed by atoms with Crippen molar-refractivity contribution in [2.45, 2.75) is 25.8 Å². The fraction of sp³-hybridized carbons (Fsp3) is 0.333. The SMILES string of the molecule is CCOC(=O)C(C=NC1CC1)=C(O)c1ccc(Br)cc1F. The lowest BCUT2D eigenvalue weighted by Gasteiger charge is -2.08. The Kier molecular flexibility index (Phi) is 5.12. The van der Waals surface area contributed by atoms with Crippen LogP contribution in [0.25, 0.3) is 5.76 Å². The predicted molar refractivity (Wildman–Crippen MR) is 81.8 cm³/mol. The maximum Gasteiger partial charge on any atom is 0.343 e. The maximum atomic E-state index is 13.9. The molecule has 1 aromatic rings. The van der Waals surface area contributed by atoms with Gasteiger partial charge < -0.3 is 9.84 Å². The van der Waals surface area contributed by atoms with E-state index < -0.39 is 17.5 Å². The van der Waals surface area contributed by atoms with Crippen molar-refractivity contribution < 1.29 is 19.0 Å². The predicted octanol–water partition coefficient (Wildman–Crippen LogP) is 3.65. The molecule has 6 heteroatoms. The number of benzene rings is 1. The Morgan fingerprint density at radius 1 is 1.57 bits per heavy atom. The van der Waals surface area contributed by atoms with Gasteiger partial charge in [-0.1, -0.05) is 15.9 Å². The number of nitrogens with zero attached hydrogens (tertiary/aromatic N) is 1. The highest BCUT2D eigenvalue weighted by Crippen LogP contribution is 2.25. The Hall–Kier alpha value is -1.69. The van der Waals surface area contributed by atoms with Crippen molar-refractivity contribution >= 4 is 33.9 Å². The van der Waals surface area contributed by atoms with Gasteiger partial charge in [0.25, 0.3) is 0 Å². The van der Waals surface area contributed by atoms with Crippen LogP contribution < -0.4 is 0 Å². The molecule has 0 aromatic heterocycles. The van der Waals surface area contributed by atoms with Crippen molar-refractivity contribution in [3.63, 3.8) is 0 Å². The van der Waals surface area contributed by atoms with E-state index in [4.69, 9.17) is 4.74 Å². The van der Waals surface area contributed by atoms with E-state index in [2.05, 4.69) is 20.9 Å². The van der Waals surface area contributed by atoms with E-state index in [0.29, 0.717) is 4.47 Å². The summed E-state index contributed by atoms with van der Waals surface area (Å²) in [5.41, 5.74) is -0.200. The number of aliphatic imine (C=N–C) groups is 1. The minimum absolute atomic E-state index is 0.0662. The van der Waals surface area contributed by atoms with Gasteiger partial charge in [-0.05, 0) is 38.0 Å². The van der Waals surface area contributed by atoms with Gasteiger partial charge in [-0.25, -0.2) is 9.18 Å². The second kappa shape index (κ2) is 6.85. The third-order valence-electron chi connectivity index (χ3n) is 2.90. The molecule has 1 N–H and O–H groups in total. The van der Waals surface area contributed by atoms with Gasteiger partial charge >= 0.3 is 5.97 Å². The van der Waals surface area contributed by atoms with Gasteiger partial charge in [0.2, 0.25) is 0 Å². The quantitative estimate of drug-likeness (QED) is 0.379. The Morgan fingerprint density at radius 2 is 2.29 bits per heavy atom. The summed E-state index contributed by atoms with van der Waals surface area (Å²) in [6.07, 6.45) is 3.19.